The second kappa shape index (κ2) is 3.00. The number of allylic oxidation sites excluding steroid dienone is 1. The summed E-state index contributed by atoms with van der Waals surface area (Å²) < 4.78 is 0. The van der Waals surface area contributed by atoms with Gasteiger partial charge >= 0.3 is 0 Å². The Kier molecular flexibility index (Phi) is 2.20. The molecule has 0 aromatic rings. The average molecular weight is 165 g/mol. The van der Waals surface area contributed by atoms with E-state index in [9.17, 15) is 9.90 Å². The van der Waals surface area contributed by atoms with Crippen LogP contribution in [-0.2, 0) is 4.79 Å². The summed E-state index contributed by atoms with van der Waals surface area (Å²) in [7, 11) is 1.65. The van der Waals surface area contributed by atoms with Crippen LogP contribution >= 0.6 is 0 Å². The van der Waals surface area contributed by atoms with E-state index in [4.69, 9.17) is 0 Å². The van der Waals surface area contributed by atoms with Crippen LogP contribution in [0.3, 0.4) is 0 Å². The normalized spacial score (nSPS) is 28.2. The molecule has 1 N–H and O–H groups in total. The van der Waals surface area contributed by atoms with Crippen LogP contribution in [0.15, 0.2) is 12.7 Å². The number of hydrogen-bond donors (Lipinski definition) is 1. The van der Waals surface area contributed by atoms with Crippen LogP contribution in [0.4, 0.5) is 0 Å². The van der Waals surface area contributed by atoms with Crippen molar-refractivity contribution in [1.29, 1.82) is 0 Å². The van der Waals surface area contributed by atoms with E-state index in [1.807, 2.05) is 0 Å². The molecule has 12 heavy (non-hydrogen) atoms. The summed E-state index contributed by atoms with van der Waals surface area (Å²) >= 11 is 0. The molecule has 1 saturated heterocycles. The second-order valence-corrected chi connectivity index (χ2v) is 2.81. The van der Waals surface area contributed by atoms with Crippen LogP contribution in [0.2, 0.25) is 0 Å². The van der Waals surface area contributed by atoms with Gasteiger partial charge in [-0.2, -0.15) is 0 Å². The van der Waals surface area contributed by atoms with Gasteiger partial charge in [-0.05, 0) is 6.08 Å². The van der Waals surface area contributed by atoms with Crippen LogP contribution in [0.1, 0.15) is 6.42 Å². The molecule has 0 aromatic heterocycles. The van der Waals surface area contributed by atoms with Gasteiger partial charge in [0.15, 0.2) is 0 Å². The molecule has 1 fully saturated rings. The zero-order chi connectivity index (χ0) is 9.19. The van der Waals surface area contributed by atoms with Crippen molar-refractivity contribution in [3.8, 4) is 11.8 Å². The average Bonchev–Trinajstić information content (AvgIpc) is 2.31. The number of hydrogen-bond acceptors (Lipinski definition) is 2. The highest BCUT2D eigenvalue weighted by atomic mass is 16.3. The molecule has 1 amide bonds. The predicted molar refractivity (Wildman–Crippen MR) is 45.2 cm³/mol. The minimum absolute atomic E-state index is 0.322. The van der Waals surface area contributed by atoms with Crippen LogP contribution in [0.5, 0.6) is 0 Å². The zero-order valence-electron chi connectivity index (χ0n) is 7.00. The van der Waals surface area contributed by atoms with Gasteiger partial charge in [-0.3, -0.25) is 4.79 Å². The molecule has 0 aromatic carbocycles. The summed E-state index contributed by atoms with van der Waals surface area (Å²) in [6.45, 7) is 3.94. The maximum absolute atomic E-state index is 11.3. The maximum atomic E-state index is 11.3. The Labute approximate surface area is 71.7 Å². The van der Waals surface area contributed by atoms with E-state index in [0.29, 0.717) is 13.0 Å². The van der Waals surface area contributed by atoms with Crippen molar-refractivity contribution in [3.05, 3.63) is 12.7 Å². The zero-order valence-corrected chi connectivity index (χ0v) is 7.00. The third-order valence-corrected chi connectivity index (χ3v) is 1.89. The van der Waals surface area contributed by atoms with Gasteiger partial charge < -0.3 is 10.0 Å². The number of carbonyl (C=O) groups is 1. The molecule has 64 valence electrons. The molecule has 0 unspecified atom stereocenters. The summed E-state index contributed by atoms with van der Waals surface area (Å²) in [4.78, 5) is 12.7. The number of aliphatic hydroxyl groups is 1. The van der Waals surface area contributed by atoms with Gasteiger partial charge in [-0.25, -0.2) is 0 Å². The molecule has 1 aliphatic heterocycles. The fourth-order valence-electron chi connectivity index (χ4n) is 1.14. The van der Waals surface area contributed by atoms with Crippen molar-refractivity contribution in [2.75, 3.05) is 13.6 Å². The van der Waals surface area contributed by atoms with Crippen molar-refractivity contribution < 1.29 is 9.90 Å². The minimum Gasteiger partial charge on any atom is -0.369 e. The summed E-state index contributed by atoms with van der Waals surface area (Å²) in [5.74, 6) is 4.66. The maximum Gasteiger partial charge on any atom is 0.267 e. The fraction of sp³-hybridized carbons (Fsp3) is 0.444. The molecule has 0 spiro atoms. The Morgan fingerprint density at radius 2 is 2.50 bits per heavy atom. The number of likely N-dealkylation sites (tertiary alicyclic amines) is 1. The molecular weight excluding hydrogens is 154 g/mol. The highest BCUT2D eigenvalue weighted by Crippen LogP contribution is 2.20. The number of likely N-dealkylation sites (N-methyl/N-ethyl adjacent to an activating group) is 1. The first kappa shape index (κ1) is 8.82. The summed E-state index contributed by atoms with van der Waals surface area (Å²) in [5.41, 5.74) is -1.47. The lowest BCUT2D eigenvalue weighted by Gasteiger charge is -2.12. The van der Waals surface area contributed by atoms with Crippen molar-refractivity contribution in [3.63, 3.8) is 0 Å². The van der Waals surface area contributed by atoms with Crippen LogP contribution < -0.4 is 0 Å². The SMILES string of the molecule is C=CC#C[C@]1(O)CCN(C)C1=O. The molecule has 0 radical (unpaired) electrons. The van der Waals surface area contributed by atoms with Gasteiger partial charge in [0.1, 0.15) is 0 Å². The van der Waals surface area contributed by atoms with Gasteiger partial charge in [0.25, 0.3) is 5.91 Å². The van der Waals surface area contributed by atoms with Crippen molar-refractivity contribution in [2.24, 2.45) is 0 Å². The molecule has 1 aliphatic rings. The first-order valence-corrected chi connectivity index (χ1v) is 3.72. The van der Waals surface area contributed by atoms with E-state index in [1.165, 1.54) is 11.0 Å². The van der Waals surface area contributed by atoms with E-state index in [-0.39, 0.29) is 5.91 Å². The quantitative estimate of drug-likeness (QED) is 0.504. The second-order valence-electron chi connectivity index (χ2n) is 2.81. The van der Waals surface area contributed by atoms with Gasteiger partial charge in [-0.15, -0.1) is 0 Å². The molecule has 0 aliphatic carbocycles. The highest BCUT2D eigenvalue weighted by molar-refractivity contribution is 5.90. The lowest BCUT2D eigenvalue weighted by atomic mass is 10.0. The van der Waals surface area contributed by atoms with Gasteiger partial charge in [0, 0.05) is 20.0 Å². The Morgan fingerprint density at radius 1 is 1.83 bits per heavy atom. The van der Waals surface area contributed by atoms with Gasteiger partial charge in [-0.1, -0.05) is 18.4 Å². The van der Waals surface area contributed by atoms with Crippen molar-refractivity contribution in [2.45, 2.75) is 12.0 Å². The number of carbonyl (C=O) groups excluding carboxylic acids is 1. The Morgan fingerprint density at radius 3 is 2.92 bits per heavy atom. The van der Waals surface area contributed by atoms with E-state index in [1.54, 1.807) is 7.05 Å². The van der Waals surface area contributed by atoms with Gasteiger partial charge in [0.05, 0.1) is 0 Å². The minimum atomic E-state index is -1.47. The smallest absolute Gasteiger partial charge is 0.267 e. The van der Waals surface area contributed by atoms with Crippen LogP contribution in [-0.4, -0.2) is 35.1 Å². The van der Waals surface area contributed by atoms with E-state index >= 15 is 0 Å². The fourth-order valence-corrected chi connectivity index (χ4v) is 1.14. The van der Waals surface area contributed by atoms with E-state index in [2.05, 4.69) is 18.4 Å². The molecular formula is C9H11NO2. The standard InChI is InChI=1S/C9H11NO2/c1-3-4-5-9(12)6-7-10(2)8(9)11/h3,12H,1,6-7H2,2H3/t9-/m0/s1. The summed E-state index contributed by atoms with van der Waals surface area (Å²) in [6, 6.07) is 0. The largest absolute Gasteiger partial charge is 0.369 e. The molecule has 1 heterocycles. The monoisotopic (exact) mass is 165 g/mol. The summed E-state index contributed by atoms with van der Waals surface area (Å²) in [6.07, 6.45) is 1.74. The third kappa shape index (κ3) is 1.34. The number of amides is 1. The predicted octanol–water partition coefficient (Wildman–Crippen LogP) is -0.231. The highest BCUT2D eigenvalue weighted by Gasteiger charge is 2.42. The van der Waals surface area contributed by atoms with Crippen LogP contribution in [0, 0.1) is 11.8 Å². The molecule has 0 saturated carbocycles. The lowest BCUT2D eigenvalue weighted by molar-refractivity contribution is -0.137. The molecule has 1 rings (SSSR count). The van der Waals surface area contributed by atoms with Crippen LogP contribution in [0.25, 0.3) is 0 Å². The molecule has 3 nitrogen and oxygen atoms in total. The molecule has 0 bridgehead atoms. The first-order valence-electron chi connectivity index (χ1n) is 3.72. The number of nitrogens with zero attached hydrogens (tertiary/aromatic N) is 1. The first-order chi connectivity index (χ1) is 5.60. The lowest BCUT2D eigenvalue weighted by Crippen LogP contribution is -2.37. The molecule has 1 atom stereocenters. The summed E-state index contributed by atoms with van der Waals surface area (Å²) in [5, 5.41) is 9.65. The Hall–Kier alpha value is -1.27. The number of rotatable bonds is 0. The third-order valence-electron chi connectivity index (χ3n) is 1.89. The Balaban J connectivity index is 2.86. The Bertz CT molecular complexity index is 274. The van der Waals surface area contributed by atoms with Gasteiger partial charge in [0.2, 0.25) is 5.60 Å². The van der Waals surface area contributed by atoms with E-state index in [0.717, 1.165) is 0 Å². The van der Waals surface area contributed by atoms with E-state index < -0.39 is 5.60 Å². The topological polar surface area (TPSA) is 40.5 Å². The molecule has 3 heteroatoms. The van der Waals surface area contributed by atoms with Crippen molar-refractivity contribution >= 4 is 5.91 Å². The van der Waals surface area contributed by atoms with Crippen molar-refractivity contribution in [1.82, 2.24) is 4.90 Å².